The van der Waals surface area contributed by atoms with Gasteiger partial charge in [0.1, 0.15) is 18.2 Å². The zero-order valence-electron chi connectivity index (χ0n) is 27.1. The Hall–Kier alpha value is -5.79. The van der Waals surface area contributed by atoms with Crippen LogP contribution in [0.25, 0.3) is 16.8 Å². The van der Waals surface area contributed by atoms with Crippen molar-refractivity contribution in [2.45, 2.75) is 24.8 Å². The van der Waals surface area contributed by atoms with E-state index in [0.29, 0.717) is 44.8 Å². The molecule has 0 fully saturated rings. The highest BCUT2D eigenvalue weighted by Crippen LogP contribution is 2.34. The zero-order chi connectivity index (χ0) is 36.0. The number of esters is 1. The number of carbonyl (C=O) groups excluding carboxylic acids is 3. The predicted molar refractivity (Wildman–Crippen MR) is 194 cm³/mol. The molecule has 0 aromatic heterocycles. The van der Waals surface area contributed by atoms with Gasteiger partial charge < -0.3 is 14.8 Å². The lowest BCUT2D eigenvalue weighted by atomic mass is 10.1. The van der Waals surface area contributed by atoms with E-state index in [0.717, 1.165) is 52.4 Å². The van der Waals surface area contributed by atoms with E-state index in [-0.39, 0.29) is 23.9 Å². The summed E-state index contributed by atoms with van der Waals surface area (Å²) in [4.78, 5) is 41.7. The molecular formula is C38H30FN3O7S2. The highest BCUT2D eigenvalue weighted by molar-refractivity contribution is 8.18. The fourth-order valence-electron chi connectivity index (χ4n) is 5.06. The molecule has 5 aromatic rings. The fraction of sp³-hybridized carbons (Fsp3) is 0.105. The molecule has 258 valence electrons. The third kappa shape index (κ3) is 8.87. The fourth-order valence-corrected chi connectivity index (χ4v) is 6.87. The molecule has 1 aliphatic rings. The molecule has 0 saturated carbocycles. The van der Waals surface area contributed by atoms with Gasteiger partial charge in [-0.25, -0.2) is 22.3 Å². The van der Waals surface area contributed by atoms with Crippen molar-refractivity contribution in [3.05, 3.63) is 142 Å². The van der Waals surface area contributed by atoms with Crippen LogP contribution in [-0.4, -0.2) is 38.0 Å². The van der Waals surface area contributed by atoms with Crippen LogP contribution in [0.5, 0.6) is 5.75 Å². The maximum atomic E-state index is 13.2. The summed E-state index contributed by atoms with van der Waals surface area (Å²) < 4.78 is 51.3. The maximum absolute atomic E-state index is 13.2. The Morgan fingerprint density at radius 3 is 2.24 bits per heavy atom. The lowest BCUT2D eigenvalue weighted by Gasteiger charge is -2.12. The third-order valence-corrected chi connectivity index (χ3v) is 9.87. The van der Waals surface area contributed by atoms with Gasteiger partial charge in [-0.15, -0.1) is 0 Å². The number of aliphatic imine (C=N–C) groups is 1. The molecule has 13 heteroatoms. The van der Waals surface area contributed by atoms with E-state index in [4.69, 9.17) is 9.47 Å². The summed E-state index contributed by atoms with van der Waals surface area (Å²) in [6, 6.07) is 29.5. The monoisotopic (exact) mass is 723 g/mol. The molecule has 0 spiro atoms. The average molecular weight is 724 g/mol. The van der Waals surface area contributed by atoms with Crippen LogP contribution in [0, 0.1) is 5.82 Å². The van der Waals surface area contributed by atoms with Gasteiger partial charge in [0.15, 0.2) is 5.17 Å². The van der Waals surface area contributed by atoms with Crippen molar-refractivity contribution < 1.29 is 36.7 Å². The standard InChI is InChI=1S/C38H30FN3O7S2/c1-2-48-37(45)26-11-7-25(8-12-26)23-49-33-21-28-6-4-3-5-27(28)20-29(33)22-34-36(44)41-38(50-34)40-31-15-9-24(10-16-31)19-35(43)42-51(46,47)32-17-13-30(39)14-18-32/h3-18,20-22H,2,19,23H2,1H3,(H,42,43)(H,40,41,44). The topological polar surface area (TPSA) is 140 Å². The van der Waals surface area contributed by atoms with E-state index in [1.165, 1.54) is 0 Å². The van der Waals surface area contributed by atoms with Crippen molar-refractivity contribution in [3.63, 3.8) is 0 Å². The molecule has 1 aliphatic heterocycles. The molecule has 5 aromatic carbocycles. The van der Waals surface area contributed by atoms with E-state index in [2.05, 4.69) is 10.3 Å². The van der Waals surface area contributed by atoms with Crippen LogP contribution < -0.4 is 14.8 Å². The Kier molecular flexibility index (Phi) is 10.6. The minimum absolute atomic E-state index is 0.211. The minimum atomic E-state index is -4.15. The predicted octanol–water partition coefficient (Wildman–Crippen LogP) is 6.86. The molecule has 0 aliphatic carbocycles. The van der Waals surface area contributed by atoms with Crippen LogP contribution in [0.15, 0.2) is 124 Å². The number of thioether (sulfide) groups is 1. The molecule has 0 saturated heterocycles. The summed E-state index contributed by atoms with van der Waals surface area (Å²) >= 11 is 1.16. The summed E-state index contributed by atoms with van der Waals surface area (Å²) in [7, 11) is -4.15. The number of halogens is 1. The highest BCUT2D eigenvalue weighted by Gasteiger charge is 2.23. The van der Waals surface area contributed by atoms with Gasteiger partial charge in [0.25, 0.3) is 15.9 Å². The Bertz CT molecular complexity index is 2290. The number of hydrogen-bond acceptors (Lipinski definition) is 9. The zero-order valence-corrected chi connectivity index (χ0v) is 28.7. The number of sulfonamides is 1. The lowest BCUT2D eigenvalue weighted by molar-refractivity contribution is -0.118. The van der Waals surface area contributed by atoms with Crippen molar-refractivity contribution in [2.75, 3.05) is 11.9 Å². The molecule has 0 bridgehead atoms. The van der Waals surface area contributed by atoms with Crippen molar-refractivity contribution in [1.29, 1.82) is 0 Å². The number of fused-ring (bicyclic) bond motifs is 1. The molecule has 10 nitrogen and oxygen atoms in total. The Balaban J connectivity index is 1.10. The molecule has 0 radical (unpaired) electrons. The number of nitrogens with zero attached hydrogens (tertiary/aromatic N) is 1. The molecule has 2 N–H and O–H groups in total. The summed E-state index contributed by atoms with van der Waals surface area (Å²) in [5, 5.41) is 5.39. The van der Waals surface area contributed by atoms with Crippen LogP contribution >= 0.6 is 11.8 Å². The van der Waals surface area contributed by atoms with Crippen LogP contribution in [-0.2, 0) is 37.4 Å². The molecule has 2 amide bonds. The minimum Gasteiger partial charge on any atom is -0.488 e. The number of rotatable bonds is 11. The van der Waals surface area contributed by atoms with E-state index in [9.17, 15) is 27.2 Å². The first kappa shape index (κ1) is 35.1. The molecule has 6 rings (SSSR count). The Labute approximate surface area is 297 Å². The normalized spacial score (nSPS) is 13.6. The SMILES string of the molecule is CCOC(=O)c1ccc(COc2cc3ccccc3cc2C=C2SC(Nc3ccc(CC(=O)NS(=O)(=O)c4ccc(F)cc4)cc3)=NC2=O)cc1. The quantitative estimate of drug-likeness (QED) is 0.110. The van der Waals surface area contributed by atoms with E-state index in [1.807, 2.05) is 41.1 Å². The van der Waals surface area contributed by atoms with Gasteiger partial charge in [-0.05, 0) is 107 Å². The summed E-state index contributed by atoms with van der Waals surface area (Å²) in [6.07, 6.45) is 1.52. The summed E-state index contributed by atoms with van der Waals surface area (Å²) in [5.41, 5.74) is 3.13. The van der Waals surface area contributed by atoms with Gasteiger partial charge in [-0.1, -0.05) is 48.5 Å². The first-order chi connectivity index (χ1) is 24.6. The second-order valence-electron chi connectivity index (χ2n) is 11.3. The largest absolute Gasteiger partial charge is 0.488 e. The number of benzene rings is 5. The van der Waals surface area contributed by atoms with Crippen LogP contribution in [0.2, 0.25) is 0 Å². The number of nitrogens with one attached hydrogen (secondary N) is 2. The molecular weight excluding hydrogens is 694 g/mol. The van der Waals surface area contributed by atoms with Crippen molar-refractivity contribution in [3.8, 4) is 5.75 Å². The molecule has 0 atom stereocenters. The maximum Gasteiger partial charge on any atom is 0.338 e. The van der Waals surface area contributed by atoms with Gasteiger partial charge in [0.2, 0.25) is 5.91 Å². The van der Waals surface area contributed by atoms with E-state index < -0.39 is 27.7 Å². The number of amides is 2. The lowest BCUT2D eigenvalue weighted by Crippen LogP contribution is -2.31. The van der Waals surface area contributed by atoms with Gasteiger partial charge in [-0.2, -0.15) is 4.99 Å². The summed E-state index contributed by atoms with van der Waals surface area (Å²) in [5.74, 6) is -1.59. The molecule has 51 heavy (non-hydrogen) atoms. The Morgan fingerprint density at radius 2 is 1.55 bits per heavy atom. The number of hydrogen-bond donors (Lipinski definition) is 2. The smallest absolute Gasteiger partial charge is 0.338 e. The van der Waals surface area contributed by atoms with Crippen molar-refractivity contribution in [1.82, 2.24) is 4.72 Å². The van der Waals surface area contributed by atoms with Crippen molar-refractivity contribution in [2.24, 2.45) is 4.99 Å². The van der Waals surface area contributed by atoms with Gasteiger partial charge in [0, 0.05) is 11.3 Å². The highest BCUT2D eigenvalue weighted by atomic mass is 32.2. The summed E-state index contributed by atoms with van der Waals surface area (Å²) in [6.45, 7) is 2.27. The number of ether oxygens (including phenoxy) is 2. The number of anilines is 1. The van der Waals surface area contributed by atoms with Gasteiger partial charge in [0.05, 0.1) is 28.4 Å². The number of amidine groups is 1. The van der Waals surface area contributed by atoms with E-state index in [1.54, 1.807) is 61.5 Å². The Morgan fingerprint density at radius 1 is 0.882 bits per heavy atom. The molecule has 1 heterocycles. The van der Waals surface area contributed by atoms with Gasteiger partial charge in [-0.3, -0.25) is 9.59 Å². The average Bonchev–Trinajstić information content (AvgIpc) is 3.45. The van der Waals surface area contributed by atoms with Crippen LogP contribution in [0.3, 0.4) is 0 Å². The second-order valence-corrected chi connectivity index (χ2v) is 14.0. The van der Waals surface area contributed by atoms with Crippen molar-refractivity contribution >= 4 is 67.3 Å². The number of carbonyl (C=O) groups is 3. The molecule has 0 unspecified atom stereocenters. The second kappa shape index (κ2) is 15.4. The third-order valence-electron chi connectivity index (χ3n) is 7.59. The van der Waals surface area contributed by atoms with Crippen LogP contribution in [0.1, 0.15) is 34.0 Å². The first-order valence-electron chi connectivity index (χ1n) is 15.7. The first-order valence-corrected chi connectivity index (χ1v) is 18.0. The van der Waals surface area contributed by atoms with Crippen LogP contribution in [0.4, 0.5) is 10.1 Å². The van der Waals surface area contributed by atoms with Gasteiger partial charge >= 0.3 is 5.97 Å². The van der Waals surface area contributed by atoms with E-state index >= 15 is 0 Å².